The number of carbonyl (C=O) groups excluding carboxylic acids is 1. The number of hydrogen-bond donors (Lipinski definition) is 1. The summed E-state index contributed by atoms with van der Waals surface area (Å²) in [7, 11) is 0. The number of aromatic nitrogens is 1. The first-order valence-corrected chi connectivity index (χ1v) is 17.7. The Kier molecular flexibility index (Phi) is 20.0. The first-order valence-electron chi connectivity index (χ1n) is 17.0. The van der Waals surface area contributed by atoms with Crippen LogP contribution in [0.1, 0.15) is 140 Å². The fourth-order valence-corrected chi connectivity index (χ4v) is 5.59. The summed E-state index contributed by atoms with van der Waals surface area (Å²) < 4.78 is 5.72. The average Bonchev–Trinajstić information content (AvgIpc) is 3.86. The molecule has 1 aliphatic carbocycles. The first kappa shape index (κ1) is 40.2. The van der Waals surface area contributed by atoms with Gasteiger partial charge in [0.05, 0.1) is 0 Å². The van der Waals surface area contributed by atoms with Gasteiger partial charge in [0.1, 0.15) is 17.1 Å². The molecule has 0 saturated heterocycles. The van der Waals surface area contributed by atoms with E-state index in [1.165, 1.54) is 76.2 Å². The van der Waals surface area contributed by atoms with Gasteiger partial charge in [-0.3, -0.25) is 9.78 Å². The summed E-state index contributed by atoms with van der Waals surface area (Å²) in [6.07, 6.45) is 22.1. The minimum Gasteiger partial charge on any atom is -0.507 e. The van der Waals surface area contributed by atoms with Crippen molar-refractivity contribution >= 4 is 27.9 Å². The average molecular weight is 651 g/mol. The van der Waals surface area contributed by atoms with Crippen molar-refractivity contribution < 1.29 is 14.6 Å². The zero-order chi connectivity index (χ0) is 33.1. The van der Waals surface area contributed by atoms with Crippen LogP contribution in [0.3, 0.4) is 0 Å². The Bertz CT molecular complexity index is 1040. The van der Waals surface area contributed by atoms with E-state index in [1.807, 2.05) is 32.0 Å². The highest BCUT2D eigenvalue weighted by atomic mass is 35.5. The molecule has 0 bridgehead atoms. The van der Waals surface area contributed by atoms with E-state index in [-0.39, 0.29) is 5.60 Å². The van der Waals surface area contributed by atoms with Crippen molar-refractivity contribution in [3.63, 3.8) is 0 Å². The van der Waals surface area contributed by atoms with Gasteiger partial charge in [-0.2, -0.15) is 0 Å². The Hall–Kier alpha value is -1.78. The van der Waals surface area contributed by atoms with Crippen LogP contribution in [0.4, 0.5) is 4.79 Å². The van der Waals surface area contributed by atoms with E-state index >= 15 is 0 Å². The summed E-state index contributed by atoms with van der Waals surface area (Å²) in [5.74, 6) is 4.04. The van der Waals surface area contributed by atoms with Gasteiger partial charge in [-0.25, -0.2) is 0 Å². The molecule has 1 N–H and O–H groups in total. The summed E-state index contributed by atoms with van der Waals surface area (Å²) in [6.45, 7) is 17.9. The third-order valence-electron chi connectivity index (χ3n) is 8.79. The van der Waals surface area contributed by atoms with Crippen molar-refractivity contribution in [1.82, 2.24) is 4.98 Å². The summed E-state index contributed by atoms with van der Waals surface area (Å²) in [6, 6.07) is 5.72. The van der Waals surface area contributed by atoms with Crippen molar-refractivity contribution in [2.75, 3.05) is 0 Å². The SMILES string of the molecule is C1CC1.Cc1c(C)c2c(c(C)c1O)CC[C@@](C)(CCC[C@H](C)CCC[C@H](C)CCCC(C)C)O2.O=C(Cl)Cl.c1ccncc1. The van der Waals surface area contributed by atoms with E-state index in [2.05, 4.69) is 69.7 Å². The summed E-state index contributed by atoms with van der Waals surface area (Å²) in [5, 5.41) is 10.4. The van der Waals surface area contributed by atoms with Gasteiger partial charge in [-0.05, 0) is 123 Å². The number of hydrogen-bond acceptors (Lipinski definition) is 4. The van der Waals surface area contributed by atoms with Crippen LogP contribution in [0.15, 0.2) is 30.6 Å². The summed E-state index contributed by atoms with van der Waals surface area (Å²) in [4.78, 5) is 12.8. The molecular formula is C38H61Cl2NO3. The Balaban J connectivity index is 0.000000609. The number of benzene rings is 1. The third-order valence-corrected chi connectivity index (χ3v) is 8.79. The van der Waals surface area contributed by atoms with Crippen molar-refractivity contribution in [1.29, 1.82) is 0 Å². The van der Waals surface area contributed by atoms with Crippen LogP contribution < -0.4 is 4.74 Å². The molecule has 3 atom stereocenters. The molecule has 4 nitrogen and oxygen atoms in total. The van der Waals surface area contributed by atoms with Crippen LogP contribution in [0.5, 0.6) is 11.5 Å². The van der Waals surface area contributed by atoms with Crippen LogP contribution in [-0.4, -0.2) is 20.4 Å². The largest absolute Gasteiger partial charge is 0.507 e. The molecule has 0 radical (unpaired) electrons. The minimum absolute atomic E-state index is 0.0712. The quantitative estimate of drug-likeness (QED) is 0.232. The Morgan fingerprint density at radius 1 is 0.841 bits per heavy atom. The number of rotatable bonds is 12. The van der Waals surface area contributed by atoms with Crippen LogP contribution in [0.2, 0.25) is 0 Å². The third kappa shape index (κ3) is 17.6. The highest BCUT2D eigenvalue weighted by Crippen LogP contribution is 2.44. The molecule has 1 fully saturated rings. The molecule has 1 aromatic heterocycles. The lowest BCUT2D eigenvalue weighted by Crippen LogP contribution is -2.37. The van der Waals surface area contributed by atoms with Crippen LogP contribution in [0, 0.1) is 38.5 Å². The second kappa shape index (κ2) is 21.9. The molecule has 1 saturated carbocycles. The van der Waals surface area contributed by atoms with Gasteiger partial charge >= 0.3 is 4.70 Å². The molecule has 2 aliphatic rings. The second-order valence-corrected chi connectivity index (χ2v) is 14.6. The normalized spacial score (nSPS) is 17.7. The standard InChI is InChI=1S/C29H50O2.C5H5N.C3H6.CCl2O/c1-20(2)12-9-13-21(3)14-10-15-22(4)16-11-18-29(8)19-17-26-25(7)27(30)23(5)24(6)28(26)31-29;1-2-4-6-5-3-1;1-2-3-1;2-1(3)4/h20-22,30H,9-19H2,1-8H3;1-5H;1-3H2;/t21-,22-,29-;;;/m1.../s1. The number of aromatic hydroxyl groups is 1. The smallest absolute Gasteiger partial charge is 0.313 e. The number of carbonyl (C=O) groups is 1. The van der Waals surface area contributed by atoms with Gasteiger partial charge in [-0.1, -0.05) is 98.0 Å². The predicted octanol–water partition coefficient (Wildman–Crippen LogP) is 12.7. The maximum atomic E-state index is 10.4. The van der Waals surface area contributed by atoms with Gasteiger partial charge in [0.2, 0.25) is 0 Å². The number of fused-ring (bicyclic) bond motifs is 1. The van der Waals surface area contributed by atoms with Gasteiger partial charge < -0.3 is 9.84 Å². The zero-order valence-electron chi connectivity index (χ0n) is 29.0. The Morgan fingerprint density at radius 2 is 1.34 bits per heavy atom. The number of phenolic OH excluding ortho intramolecular Hbond substituents is 1. The summed E-state index contributed by atoms with van der Waals surface area (Å²) in [5.41, 5.74) is 4.23. The van der Waals surface area contributed by atoms with Crippen molar-refractivity contribution in [3.05, 3.63) is 52.8 Å². The minimum atomic E-state index is -0.889. The highest BCUT2D eigenvalue weighted by Gasteiger charge is 2.34. The number of halogens is 2. The second-order valence-electron chi connectivity index (χ2n) is 13.8. The molecule has 0 unspecified atom stereocenters. The molecule has 0 spiro atoms. The Labute approximate surface area is 279 Å². The number of ether oxygens (including phenoxy) is 1. The van der Waals surface area contributed by atoms with E-state index in [9.17, 15) is 5.11 Å². The van der Waals surface area contributed by atoms with Crippen LogP contribution in [0.25, 0.3) is 0 Å². The maximum absolute atomic E-state index is 10.4. The Morgan fingerprint density at radius 3 is 1.77 bits per heavy atom. The topological polar surface area (TPSA) is 59.4 Å². The zero-order valence-corrected chi connectivity index (χ0v) is 30.5. The lowest BCUT2D eigenvalue weighted by molar-refractivity contribution is 0.0511. The maximum Gasteiger partial charge on any atom is 0.313 e. The molecule has 250 valence electrons. The molecular weight excluding hydrogens is 589 g/mol. The van der Waals surface area contributed by atoms with E-state index in [1.54, 1.807) is 12.4 Å². The van der Waals surface area contributed by atoms with E-state index in [0.29, 0.717) is 5.75 Å². The van der Waals surface area contributed by atoms with Crippen LogP contribution in [-0.2, 0) is 6.42 Å². The molecule has 2 aromatic rings. The number of phenols is 1. The lowest BCUT2D eigenvalue weighted by atomic mass is 9.84. The molecule has 0 amide bonds. The first-order chi connectivity index (χ1) is 20.8. The predicted molar refractivity (Wildman–Crippen MR) is 190 cm³/mol. The highest BCUT2D eigenvalue weighted by molar-refractivity contribution is 6.93. The van der Waals surface area contributed by atoms with Crippen molar-refractivity contribution in [3.8, 4) is 11.5 Å². The molecule has 4 rings (SSSR count). The number of pyridine rings is 1. The molecule has 1 aliphatic heterocycles. The fourth-order valence-electron chi connectivity index (χ4n) is 5.59. The molecule has 6 heteroatoms. The van der Waals surface area contributed by atoms with Crippen LogP contribution >= 0.6 is 23.2 Å². The van der Waals surface area contributed by atoms with Gasteiger partial charge in [0.15, 0.2) is 0 Å². The van der Waals surface area contributed by atoms with E-state index < -0.39 is 4.70 Å². The monoisotopic (exact) mass is 649 g/mol. The number of nitrogens with zero attached hydrogens (tertiary/aromatic N) is 1. The summed E-state index contributed by atoms with van der Waals surface area (Å²) >= 11 is 8.80. The van der Waals surface area contributed by atoms with E-state index in [4.69, 9.17) is 9.53 Å². The van der Waals surface area contributed by atoms with Gasteiger partial charge in [0, 0.05) is 18.0 Å². The van der Waals surface area contributed by atoms with E-state index in [0.717, 1.165) is 59.5 Å². The van der Waals surface area contributed by atoms with Gasteiger partial charge in [-0.15, -0.1) is 0 Å². The fraction of sp³-hybridized carbons (Fsp3) is 0.684. The molecule has 2 heterocycles. The lowest BCUT2D eigenvalue weighted by Gasteiger charge is -2.38. The van der Waals surface area contributed by atoms with Gasteiger partial charge in [0.25, 0.3) is 0 Å². The van der Waals surface area contributed by atoms with Crippen molar-refractivity contribution in [2.24, 2.45) is 17.8 Å². The molecule has 1 aromatic carbocycles. The molecule has 44 heavy (non-hydrogen) atoms. The van der Waals surface area contributed by atoms with Crippen molar-refractivity contribution in [2.45, 2.75) is 151 Å².